The quantitative estimate of drug-likeness (QED) is 0.825. The molecule has 2 atom stereocenters. The van der Waals surface area contributed by atoms with E-state index in [0.29, 0.717) is 0 Å². The molecule has 0 bridgehead atoms. The number of anilines is 1. The largest absolute Gasteiger partial charge is 0.456 e. The van der Waals surface area contributed by atoms with E-state index in [4.69, 9.17) is 14.2 Å². The Labute approximate surface area is 150 Å². The number of carbonyl (C=O) groups excluding carboxylic acids is 1. The summed E-state index contributed by atoms with van der Waals surface area (Å²) in [6, 6.07) is 6.01. The number of nitrogens with zero attached hydrogens (tertiary/aromatic N) is 1. The summed E-state index contributed by atoms with van der Waals surface area (Å²) in [4.78, 5) is 12.4. The first-order chi connectivity index (χ1) is 12.6. The van der Waals surface area contributed by atoms with Crippen molar-refractivity contribution in [2.24, 2.45) is 5.92 Å². The Balaban J connectivity index is 1.51. The molecular formula is C19H19N3O4. The van der Waals surface area contributed by atoms with E-state index >= 15 is 0 Å². The van der Waals surface area contributed by atoms with Crippen molar-refractivity contribution in [2.75, 3.05) is 18.7 Å². The standard InChI is InChI=1S/C19H19N3O4/c1-9(5-11-3-4-13-14(6-11)26-8-25-13)15-16-10(2)21-22-18(16)20-12-7-24-19(23)17(12)15/h3-4,6,9,15H,5,7-8H2,1-2H3,(H2,20,21,22)/t9-,15-/m0/s1. The van der Waals surface area contributed by atoms with E-state index in [1.165, 1.54) is 0 Å². The number of hydrogen-bond donors (Lipinski definition) is 2. The van der Waals surface area contributed by atoms with Crippen LogP contribution in [0.2, 0.25) is 0 Å². The van der Waals surface area contributed by atoms with Crippen molar-refractivity contribution in [3.05, 3.63) is 46.3 Å². The first-order valence-corrected chi connectivity index (χ1v) is 8.72. The number of aromatic amines is 1. The second-order valence-electron chi connectivity index (χ2n) is 7.05. The average molecular weight is 353 g/mol. The van der Waals surface area contributed by atoms with Crippen molar-refractivity contribution in [1.29, 1.82) is 0 Å². The van der Waals surface area contributed by atoms with Gasteiger partial charge in [-0.1, -0.05) is 13.0 Å². The molecule has 0 amide bonds. The highest BCUT2D eigenvalue weighted by Gasteiger charge is 2.42. The van der Waals surface area contributed by atoms with Crippen LogP contribution in [0.25, 0.3) is 0 Å². The number of esters is 1. The Bertz CT molecular complexity index is 946. The molecule has 134 valence electrons. The monoisotopic (exact) mass is 353 g/mol. The zero-order valence-electron chi connectivity index (χ0n) is 14.6. The van der Waals surface area contributed by atoms with Crippen LogP contribution in [0, 0.1) is 12.8 Å². The summed E-state index contributed by atoms with van der Waals surface area (Å²) in [6.45, 7) is 4.70. The van der Waals surface area contributed by atoms with E-state index in [9.17, 15) is 4.79 Å². The van der Waals surface area contributed by atoms with Crippen LogP contribution in [0.1, 0.15) is 29.7 Å². The van der Waals surface area contributed by atoms with E-state index < -0.39 is 0 Å². The topological polar surface area (TPSA) is 85.5 Å². The number of aryl methyl sites for hydroxylation is 1. The third-order valence-electron chi connectivity index (χ3n) is 5.34. The average Bonchev–Trinajstić information content (AvgIpc) is 3.33. The Morgan fingerprint density at radius 3 is 3.00 bits per heavy atom. The molecule has 0 unspecified atom stereocenters. The molecular weight excluding hydrogens is 334 g/mol. The number of ether oxygens (including phenoxy) is 3. The third-order valence-corrected chi connectivity index (χ3v) is 5.34. The minimum Gasteiger partial charge on any atom is -0.456 e. The fourth-order valence-electron chi connectivity index (χ4n) is 4.16. The summed E-state index contributed by atoms with van der Waals surface area (Å²) in [5.74, 6) is 2.24. The van der Waals surface area contributed by atoms with Crippen molar-refractivity contribution in [1.82, 2.24) is 10.2 Å². The van der Waals surface area contributed by atoms with Gasteiger partial charge in [0.1, 0.15) is 6.61 Å². The minimum absolute atomic E-state index is 0.0552. The maximum absolute atomic E-state index is 12.4. The molecule has 7 nitrogen and oxygen atoms in total. The van der Waals surface area contributed by atoms with Gasteiger partial charge < -0.3 is 19.5 Å². The molecule has 1 aromatic carbocycles. The second-order valence-corrected chi connectivity index (χ2v) is 7.05. The van der Waals surface area contributed by atoms with Gasteiger partial charge in [0.25, 0.3) is 0 Å². The fraction of sp³-hybridized carbons (Fsp3) is 0.368. The molecule has 0 fully saturated rings. The van der Waals surface area contributed by atoms with E-state index in [1.54, 1.807) is 0 Å². The van der Waals surface area contributed by atoms with E-state index in [-0.39, 0.29) is 31.2 Å². The molecule has 0 saturated carbocycles. The van der Waals surface area contributed by atoms with Crippen LogP contribution in [0.3, 0.4) is 0 Å². The number of H-pyrrole nitrogens is 1. The molecule has 0 spiro atoms. The number of fused-ring (bicyclic) bond motifs is 2. The molecule has 1 aromatic heterocycles. The van der Waals surface area contributed by atoms with Crippen LogP contribution >= 0.6 is 0 Å². The molecule has 3 aliphatic heterocycles. The molecule has 3 aliphatic rings. The van der Waals surface area contributed by atoms with Crippen molar-refractivity contribution in [3.63, 3.8) is 0 Å². The van der Waals surface area contributed by atoms with Gasteiger partial charge in [-0.05, 0) is 37.0 Å². The van der Waals surface area contributed by atoms with Gasteiger partial charge in [-0.25, -0.2) is 4.79 Å². The summed E-state index contributed by atoms with van der Waals surface area (Å²) in [7, 11) is 0. The lowest BCUT2D eigenvalue weighted by Crippen LogP contribution is -2.24. The highest BCUT2D eigenvalue weighted by Crippen LogP contribution is 2.46. The first kappa shape index (κ1) is 15.3. The Kier molecular flexibility index (Phi) is 3.25. The van der Waals surface area contributed by atoms with Gasteiger partial charge in [0.05, 0.1) is 11.3 Å². The van der Waals surface area contributed by atoms with E-state index in [2.05, 4.69) is 28.5 Å². The fourth-order valence-corrected chi connectivity index (χ4v) is 4.16. The van der Waals surface area contributed by atoms with E-state index in [1.807, 2.05) is 19.1 Å². The molecule has 0 aliphatic carbocycles. The smallest absolute Gasteiger partial charge is 0.336 e. The summed E-state index contributed by atoms with van der Waals surface area (Å²) in [5, 5.41) is 10.6. The van der Waals surface area contributed by atoms with Gasteiger partial charge in [0, 0.05) is 17.2 Å². The number of rotatable bonds is 3. The van der Waals surface area contributed by atoms with Crippen LogP contribution in [-0.4, -0.2) is 29.6 Å². The summed E-state index contributed by atoms with van der Waals surface area (Å²) in [5.41, 5.74) is 4.74. The Morgan fingerprint density at radius 1 is 1.27 bits per heavy atom. The zero-order chi connectivity index (χ0) is 17.8. The minimum atomic E-state index is -0.235. The highest BCUT2D eigenvalue weighted by atomic mass is 16.7. The predicted octanol–water partition coefficient (Wildman–Crippen LogP) is 2.65. The maximum atomic E-state index is 12.4. The van der Waals surface area contributed by atoms with Crippen molar-refractivity contribution in [3.8, 4) is 11.5 Å². The Hall–Kier alpha value is -2.96. The first-order valence-electron chi connectivity index (χ1n) is 8.72. The number of benzene rings is 1. The predicted molar refractivity (Wildman–Crippen MR) is 93.1 cm³/mol. The van der Waals surface area contributed by atoms with Crippen molar-refractivity contribution in [2.45, 2.75) is 26.2 Å². The molecule has 2 aromatic rings. The third kappa shape index (κ3) is 2.20. The van der Waals surface area contributed by atoms with Gasteiger partial charge in [0.2, 0.25) is 6.79 Å². The number of aromatic nitrogens is 2. The lowest BCUT2D eigenvalue weighted by Gasteiger charge is -2.29. The SMILES string of the molecule is Cc1[nH]nc2c1[C@H]([C@@H](C)Cc1ccc3c(c1)OCO3)C1=C(COC1=O)N2. The van der Waals surface area contributed by atoms with Crippen LogP contribution in [0.15, 0.2) is 29.5 Å². The van der Waals surface area contributed by atoms with Gasteiger partial charge in [-0.15, -0.1) is 0 Å². The highest BCUT2D eigenvalue weighted by molar-refractivity contribution is 5.96. The lowest BCUT2D eigenvalue weighted by atomic mass is 9.76. The van der Waals surface area contributed by atoms with Gasteiger partial charge >= 0.3 is 5.97 Å². The molecule has 2 N–H and O–H groups in total. The van der Waals surface area contributed by atoms with Crippen molar-refractivity contribution >= 4 is 11.8 Å². The molecule has 5 rings (SSSR count). The molecule has 4 heterocycles. The van der Waals surface area contributed by atoms with Gasteiger partial charge in [-0.2, -0.15) is 5.10 Å². The molecule has 26 heavy (non-hydrogen) atoms. The van der Waals surface area contributed by atoms with Crippen molar-refractivity contribution < 1.29 is 19.0 Å². The van der Waals surface area contributed by atoms with Crippen LogP contribution < -0.4 is 14.8 Å². The van der Waals surface area contributed by atoms with Gasteiger partial charge in [0.15, 0.2) is 17.3 Å². The van der Waals surface area contributed by atoms with Crippen LogP contribution in [0.5, 0.6) is 11.5 Å². The number of hydrogen-bond acceptors (Lipinski definition) is 6. The zero-order valence-corrected chi connectivity index (χ0v) is 14.6. The Morgan fingerprint density at radius 2 is 2.12 bits per heavy atom. The summed E-state index contributed by atoms with van der Waals surface area (Å²) >= 11 is 0. The second kappa shape index (κ2) is 5.52. The maximum Gasteiger partial charge on any atom is 0.336 e. The molecule has 0 saturated heterocycles. The molecule has 0 radical (unpaired) electrons. The summed E-state index contributed by atoms with van der Waals surface area (Å²) in [6.07, 6.45) is 0.801. The lowest BCUT2D eigenvalue weighted by molar-refractivity contribution is -0.136. The molecule has 7 heteroatoms. The van der Waals surface area contributed by atoms with Crippen LogP contribution in [0.4, 0.5) is 5.82 Å². The number of cyclic esters (lactones) is 1. The van der Waals surface area contributed by atoms with Crippen LogP contribution in [-0.2, 0) is 16.0 Å². The van der Waals surface area contributed by atoms with E-state index in [0.717, 1.165) is 51.8 Å². The number of nitrogens with one attached hydrogen (secondary N) is 2. The number of carbonyl (C=O) groups is 1. The summed E-state index contributed by atoms with van der Waals surface area (Å²) < 4.78 is 16.2. The van der Waals surface area contributed by atoms with Gasteiger partial charge in [-0.3, -0.25) is 5.10 Å². The normalized spacial score (nSPS) is 21.2.